The monoisotopic (exact) mass is 312 g/mol. The molecule has 0 aromatic heterocycles. The van der Waals surface area contributed by atoms with Crippen molar-refractivity contribution in [3.63, 3.8) is 0 Å². The maximum absolute atomic E-state index is 13.4. The summed E-state index contributed by atoms with van der Waals surface area (Å²) >= 11 is 6.06. The second-order valence-corrected chi connectivity index (χ2v) is 5.64. The molecule has 4 nitrogen and oxygen atoms in total. The number of nitrogens with zero attached hydrogens (tertiary/aromatic N) is 1. The highest BCUT2D eigenvalue weighted by Crippen LogP contribution is 2.23. The van der Waals surface area contributed by atoms with Crippen molar-refractivity contribution in [2.24, 2.45) is 0 Å². The van der Waals surface area contributed by atoms with E-state index in [4.69, 9.17) is 11.6 Å². The molecule has 0 bridgehead atoms. The summed E-state index contributed by atoms with van der Waals surface area (Å²) in [6, 6.07) is 2.92. The van der Waals surface area contributed by atoms with Crippen LogP contribution in [-0.4, -0.2) is 28.8 Å². The molecule has 2 unspecified atom stereocenters. The van der Waals surface area contributed by atoms with Gasteiger partial charge in [0.2, 0.25) is 11.8 Å². The van der Waals surface area contributed by atoms with Gasteiger partial charge in [0.1, 0.15) is 17.9 Å². The minimum absolute atomic E-state index is 0.137. The van der Waals surface area contributed by atoms with Gasteiger partial charge in [-0.1, -0.05) is 24.9 Å². The highest BCUT2D eigenvalue weighted by Gasteiger charge is 2.38. The zero-order valence-corrected chi connectivity index (χ0v) is 12.8. The summed E-state index contributed by atoms with van der Waals surface area (Å²) in [5.41, 5.74) is 0.507. The van der Waals surface area contributed by atoms with Crippen molar-refractivity contribution in [1.82, 2.24) is 10.2 Å². The molecule has 1 fully saturated rings. The molecular formula is C15H18ClFN2O2. The second kappa shape index (κ2) is 6.43. The molecule has 0 spiro atoms. The van der Waals surface area contributed by atoms with E-state index in [1.807, 2.05) is 6.92 Å². The molecule has 1 aromatic carbocycles. The molecule has 114 valence electrons. The van der Waals surface area contributed by atoms with Crippen LogP contribution in [0.1, 0.15) is 32.3 Å². The molecule has 2 amide bonds. The molecule has 1 heterocycles. The molecule has 1 aromatic rings. The molecule has 1 aliphatic rings. The molecule has 21 heavy (non-hydrogen) atoms. The highest BCUT2D eigenvalue weighted by atomic mass is 35.5. The molecular weight excluding hydrogens is 295 g/mol. The Kier molecular flexibility index (Phi) is 4.83. The van der Waals surface area contributed by atoms with Crippen LogP contribution in [0.2, 0.25) is 5.02 Å². The van der Waals surface area contributed by atoms with Crippen molar-refractivity contribution in [3.05, 3.63) is 34.6 Å². The average molecular weight is 313 g/mol. The van der Waals surface area contributed by atoms with Crippen LogP contribution in [-0.2, 0) is 16.1 Å². The van der Waals surface area contributed by atoms with Gasteiger partial charge in [0.25, 0.3) is 0 Å². The average Bonchev–Trinajstić information content (AvgIpc) is 2.43. The zero-order chi connectivity index (χ0) is 15.6. The van der Waals surface area contributed by atoms with Gasteiger partial charge in [-0.3, -0.25) is 9.59 Å². The summed E-state index contributed by atoms with van der Waals surface area (Å²) in [5.74, 6) is -0.756. The molecule has 2 atom stereocenters. The first-order valence-electron chi connectivity index (χ1n) is 6.98. The SMILES string of the molecule is CCCC1C(=O)NC(C)C(=O)N1Cc1cc(F)ccc1Cl. The number of hydrogen-bond acceptors (Lipinski definition) is 2. The fourth-order valence-corrected chi connectivity index (χ4v) is 2.69. The fourth-order valence-electron chi connectivity index (χ4n) is 2.51. The molecule has 6 heteroatoms. The third-order valence-electron chi connectivity index (χ3n) is 3.60. The van der Waals surface area contributed by atoms with Crippen LogP contribution in [0, 0.1) is 5.82 Å². The van der Waals surface area contributed by atoms with Crippen LogP contribution < -0.4 is 5.32 Å². The molecule has 0 saturated carbocycles. The molecule has 1 N–H and O–H groups in total. The van der Waals surface area contributed by atoms with E-state index in [-0.39, 0.29) is 18.4 Å². The summed E-state index contributed by atoms with van der Waals surface area (Å²) in [4.78, 5) is 25.9. The third-order valence-corrected chi connectivity index (χ3v) is 3.97. The highest BCUT2D eigenvalue weighted by molar-refractivity contribution is 6.31. The predicted molar refractivity (Wildman–Crippen MR) is 78.3 cm³/mol. The van der Waals surface area contributed by atoms with E-state index in [2.05, 4.69) is 5.32 Å². The molecule has 0 aliphatic carbocycles. The van der Waals surface area contributed by atoms with E-state index >= 15 is 0 Å². The number of hydrogen-bond donors (Lipinski definition) is 1. The fraction of sp³-hybridized carbons (Fsp3) is 0.467. The van der Waals surface area contributed by atoms with Crippen LogP contribution in [0.3, 0.4) is 0 Å². The Hall–Kier alpha value is -1.62. The third kappa shape index (κ3) is 3.35. The molecule has 0 radical (unpaired) electrons. The Balaban J connectivity index is 2.30. The van der Waals surface area contributed by atoms with Gasteiger partial charge in [0, 0.05) is 11.6 Å². The van der Waals surface area contributed by atoms with E-state index in [0.717, 1.165) is 6.42 Å². The van der Waals surface area contributed by atoms with Crippen molar-refractivity contribution in [2.75, 3.05) is 0 Å². The number of benzene rings is 1. The first-order valence-corrected chi connectivity index (χ1v) is 7.36. The summed E-state index contributed by atoms with van der Waals surface area (Å²) < 4.78 is 13.4. The van der Waals surface area contributed by atoms with E-state index in [1.165, 1.54) is 23.1 Å². The Morgan fingerprint density at radius 1 is 1.38 bits per heavy atom. The van der Waals surface area contributed by atoms with Crippen LogP contribution in [0.15, 0.2) is 18.2 Å². The largest absolute Gasteiger partial charge is 0.343 e. The Labute approximate surface area is 128 Å². The van der Waals surface area contributed by atoms with Crippen molar-refractivity contribution < 1.29 is 14.0 Å². The lowest BCUT2D eigenvalue weighted by atomic mass is 10.0. The second-order valence-electron chi connectivity index (χ2n) is 5.24. The molecule has 1 aliphatic heterocycles. The maximum Gasteiger partial charge on any atom is 0.245 e. The topological polar surface area (TPSA) is 49.4 Å². The number of rotatable bonds is 4. The number of nitrogens with one attached hydrogen (secondary N) is 1. The first-order chi connectivity index (χ1) is 9.93. The van der Waals surface area contributed by atoms with Crippen LogP contribution in [0.5, 0.6) is 0 Å². The molecule has 1 saturated heterocycles. The number of halogens is 2. The smallest absolute Gasteiger partial charge is 0.245 e. The van der Waals surface area contributed by atoms with E-state index in [0.29, 0.717) is 17.0 Å². The number of amides is 2. The van der Waals surface area contributed by atoms with Gasteiger partial charge in [-0.2, -0.15) is 0 Å². The van der Waals surface area contributed by atoms with Gasteiger partial charge >= 0.3 is 0 Å². The van der Waals surface area contributed by atoms with Crippen LogP contribution >= 0.6 is 11.6 Å². The van der Waals surface area contributed by atoms with E-state index in [9.17, 15) is 14.0 Å². The molecule has 2 rings (SSSR count). The Bertz CT molecular complexity index is 565. The van der Waals surface area contributed by atoms with Gasteiger partial charge in [0.05, 0.1) is 0 Å². The lowest BCUT2D eigenvalue weighted by Crippen LogP contribution is -2.61. The quantitative estimate of drug-likeness (QED) is 0.928. The van der Waals surface area contributed by atoms with E-state index < -0.39 is 17.9 Å². The van der Waals surface area contributed by atoms with Gasteiger partial charge in [-0.15, -0.1) is 0 Å². The minimum Gasteiger partial charge on any atom is -0.343 e. The summed E-state index contributed by atoms with van der Waals surface area (Å²) in [5, 5.41) is 3.06. The van der Waals surface area contributed by atoms with Crippen molar-refractivity contribution in [3.8, 4) is 0 Å². The van der Waals surface area contributed by atoms with E-state index in [1.54, 1.807) is 6.92 Å². The minimum atomic E-state index is -0.571. The summed E-state index contributed by atoms with van der Waals surface area (Å²) in [6.07, 6.45) is 1.34. The van der Waals surface area contributed by atoms with Gasteiger partial charge in [-0.05, 0) is 37.1 Å². The Morgan fingerprint density at radius 2 is 2.10 bits per heavy atom. The van der Waals surface area contributed by atoms with Crippen molar-refractivity contribution >= 4 is 23.4 Å². The zero-order valence-electron chi connectivity index (χ0n) is 12.0. The van der Waals surface area contributed by atoms with Gasteiger partial charge in [-0.25, -0.2) is 4.39 Å². The standard InChI is InChI=1S/C15H18ClFN2O2/c1-3-4-13-14(20)18-9(2)15(21)19(13)8-10-7-11(17)5-6-12(10)16/h5-7,9,13H,3-4,8H2,1-2H3,(H,18,20). The van der Waals surface area contributed by atoms with Crippen molar-refractivity contribution in [2.45, 2.75) is 45.3 Å². The number of piperazine rings is 1. The number of carbonyl (C=O) groups excluding carboxylic acids is 2. The van der Waals surface area contributed by atoms with Crippen LogP contribution in [0.4, 0.5) is 4.39 Å². The van der Waals surface area contributed by atoms with Crippen LogP contribution in [0.25, 0.3) is 0 Å². The lowest BCUT2D eigenvalue weighted by Gasteiger charge is -2.38. The number of carbonyl (C=O) groups is 2. The summed E-state index contributed by atoms with van der Waals surface area (Å²) in [7, 11) is 0. The van der Waals surface area contributed by atoms with Crippen molar-refractivity contribution in [1.29, 1.82) is 0 Å². The summed E-state index contributed by atoms with van der Waals surface area (Å²) in [6.45, 7) is 3.73. The normalized spacial score (nSPS) is 22.4. The first kappa shape index (κ1) is 15.8. The van der Waals surface area contributed by atoms with Gasteiger partial charge in [0.15, 0.2) is 0 Å². The predicted octanol–water partition coefficient (Wildman–Crippen LogP) is 2.49. The lowest BCUT2D eigenvalue weighted by molar-refractivity contribution is -0.149. The maximum atomic E-state index is 13.4. The Morgan fingerprint density at radius 3 is 2.76 bits per heavy atom. The van der Waals surface area contributed by atoms with Gasteiger partial charge < -0.3 is 10.2 Å².